The van der Waals surface area contributed by atoms with Gasteiger partial charge in [-0.2, -0.15) is 0 Å². The summed E-state index contributed by atoms with van der Waals surface area (Å²) in [6, 6.07) is 17.3. The van der Waals surface area contributed by atoms with Gasteiger partial charge in [0.2, 0.25) is 0 Å². The minimum Gasteiger partial charge on any atom is -0.458 e. The van der Waals surface area contributed by atoms with Crippen LogP contribution in [-0.4, -0.2) is 30.0 Å². The molecule has 0 N–H and O–H groups in total. The van der Waals surface area contributed by atoms with Gasteiger partial charge in [0, 0.05) is 16.6 Å². The molecule has 2 atom stereocenters. The molecule has 1 fully saturated rings. The van der Waals surface area contributed by atoms with Crippen LogP contribution < -0.4 is 0 Å². The van der Waals surface area contributed by atoms with Gasteiger partial charge in [-0.15, -0.1) is 18.2 Å². The molecule has 0 aliphatic carbocycles. The third kappa shape index (κ3) is 4.45. The number of thioether (sulfide) groups is 1. The fourth-order valence-electron chi connectivity index (χ4n) is 2.71. The smallest absolute Gasteiger partial charge is 0.338 e. The van der Waals surface area contributed by atoms with Crippen molar-refractivity contribution in [2.75, 3.05) is 13.2 Å². The van der Waals surface area contributed by atoms with Crippen LogP contribution in [0.2, 0.25) is 0 Å². The van der Waals surface area contributed by atoms with Gasteiger partial charge in [0.25, 0.3) is 0 Å². The summed E-state index contributed by atoms with van der Waals surface area (Å²) in [5, 5.41) is 0.245. The Kier molecular flexibility index (Phi) is 5.47. The highest BCUT2D eigenvalue weighted by Crippen LogP contribution is 2.36. The third-order valence-corrected chi connectivity index (χ3v) is 5.32. The summed E-state index contributed by atoms with van der Waals surface area (Å²) in [5.41, 5.74) is 0.906. The molecule has 1 aliphatic rings. The second kappa shape index (κ2) is 7.77. The molecule has 4 heteroatoms. The molecule has 0 aromatic heterocycles. The van der Waals surface area contributed by atoms with Crippen LogP contribution in [0.25, 0.3) is 0 Å². The first kappa shape index (κ1) is 17.6. The van der Waals surface area contributed by atoms with Gasteiger partial charge in [-0.1, -0.05) is 41.8 Å². The maximum absolute atomic E-state index is 12.1. The van der Waals surface area contributed by atoms with Gasteiger partial charge in [-0.05, 0) is 31.2 Å². The van der Waals surface area contributed by atoms with Crippen LogP contribution in [0.4, 0.5) is 0 Å². The molecule has 128 valence electrons. The van der Waals surface area contributed by atoms with E-state index in [2.05, 4.69) is 37.1 Å². The van der Waals surface area contributed by atoms with Crippen molar-refractivity contribution in [1.82, 2.24) is 0 Å². The Labute approximate surface area is 152 Å². The predicted octanol–water partition coefficient (Wildman–Crippen LogP) is 4.11. The second-order valence-electron chi connectivity index (χ2n) is 6.15. The summed E-state index contributed by atoms with van der Waals surface area (Å²) in [5.74, 6) is 2.32. The Balaban J connectivity index is 1.58. The first-order valence-electron chi connectivity index (χ1n) is 8.17. The quantitative estimate of drug-likeness (QED) is 0.599. The highest BCUT2D eigenvalue weighted by Gasteiger charge is 2.40. The number of ether oxygens (including phenoxy) is 2. The molecule has 3 nitrogen and oxygen atoms in total. The van der Waals surface area contributed by atoms with Crippen molar-refractivity contribution < 1.29 is 14.3 Å². The van der Waals surface area contributed by atoms with E-state index in [4.69, 9.17) is 15.9 Å². The number of benzene rings is 2. The number of terminal acetylenes is 1. The normalized spacial score (nSPS) is 22.3. The van der Waals surface area contributed by atoms with Gasteiger partial charge in [-0.25, -0.2) is 4.79 Å². The summed E-state index contributed by atoms with van der Waals surface area (Å²) in [7, 11) is 0. The topological polar surface area (TPSA) is 35.5 Å². The van der Waals surface area contributed by atoms with Crippen LogP contribution in [0.15, 0.2) is 59.5 Å². The average molecular weight is 352 g/mol. The van der Waals surface area contributed by atoms with Crippen LogP contribution in [0.5, 0.6) is 0 Å². The molecule has 0 radical (unpaired) electrons. The number of esters is 1. The largest absolute Gasteiger partial charge is 0.458 e. The fraction of sp³-hybridized carbons (Fsp3) is 0.286. The molecule has 0 unspecified atom stereocenters. The van der Waals surface area contributed by atoms with E-state index < -0.39 is 5.60 Å². The van der Waals surface area contributed by atoms with E-state index in [-0.39, 0.29) is 17.8 Å². The molecular formula is C21H20O3S. The molecule has 25 heavy (non-hydrogen) atoms. The molecule has 1 aliphatic heterocycles. The zero-order chi connectivity index (χ0) is 17.7. The molecule has 0 bridgehead atoms. The van der Waals surface area contributed by atoms with E-state index in [1.165, 1.54) is 10.5 Å². The van der Waals surface area contributed by atoms with Gasteiger partial charge in [0.15, 0.2) is 5.60 Å². The summed E-state index contributed by atoms with van der Waals surface area (Å²) in [6.45, 7) is 2.69. The van der Waals surface area contributed by atoms with Crippen molar-refractivity contribution in [3.05, 3.63) is 65.7 Å². The van der Waals surface area contributed by atoms with Gasteiger partial charge < -0.3 is 9.47 Å². The second-order valence-corrected chi connectivity index (χ2v) is 7.52. The molecule has 2 aromatic rings. The molecule has 1 heterocycles. The number of hydrogen-bond donors (Lipinski definition) is 0. The van der Waals surface area contributed by atoms with Crippen molar-refractivity contribution in [2.24, 2.45) is 0 Å². The Morgan fingerprint density at radius 2 is 2.00 bits per heavy atom. The molecule has 2 aromatic carbocycles. The lowest BCUT2D eigenvalue weighted by Gasteiger charge is -2.21. The van der Waals surface area contributed by atoms with Crippen molar-refractivity contribution >= 4 is 17.7 Å². The molecule has 0 saturated carbocycles. The van der Waals surface area contributed by atoms with E-state index in [0.29, 0.717) is 18.6 Å². The minimum atomic E-state index is -0.840. The van der Waals surface area contributed by atoms with Crippen molar-refractivity contribution in [3.8, 4) is 12.3 Å². The molecule has 3 rings (SSSR count). The predicted molar refractivity (Wildman–Crippen MR) is 99.7 cm³/mol. The van der Waals surface area contributed by atoms with E-state index in [1.54, 1.807) is 36.0 Å². The number of hydrogen-bond acceptors (Lipinski definition) is 4. The van der Waals surface area contributed by atoms with Crippen molar-refractivity contribution in [1.29, 1.82) is 0 Å². The van der Waals surface area contributed by atoms with Gasteiger partial charge in [0.05, 0.1) is 12.2 Å². The lowest BCUT2D eigenvalue weighted by Crippen LogP contribution is -2.33. The number of carbonyl (C=O) groups is 1. The van der Waals surface area contributed by atoms with Crippen LogP contribution >= 0.6 is 11.8 Å². The van der Waals surface area contributed by atoms with E-state index in [9.17, 15) is 4.79 Å². The summed E-state index contributed by atoms with van der Waals surface area (Å²) < 4.78 is 11.3. The van der Waals surface area contributed by atoms with Crippen molar-refractivity contribution in [2.45, 2.75) is 29.1 Å². The summed E-state index contributed by atoms with van der Waals surface area (Å²) in [4.78, 5) is 13.3. The van der Waals surface area contributed by atoms with Crippen LogP contribution in [0.1, 0.15) is 22.3 Å². The zero-order valence-corrected chi connectivity index (χ0v) is 14.9. The zero-order valence-electron chi connectivity index (χ0n) is 14.1. The number of carbonyl (C=O) groups excluding carboxylic acids is 1. The highest BCUT2D eigenvalue weighted by molar-refractivity contribution is 8.00. The summed E-state index contributed by atoms with van der Waals surface area (Å²) in [6.07, 6.45) is 6.35. The fourth-order valence-corrected chi connectivity index (χ4v) is 3.87. The number of rotatable bonds is 5. The average Bonchev–Trinajstić information content (AvgIpc) is 3.06. The Hall–Kier alpha value is -2.22. The minimum absolute atomic E-state index is 0.0716. The third-order valence-electron chi connectivity index (χ3n) is 4.14. The van der Waals surface area contributed by atoms with Gasteiger partial charge in [-0.3, -0.25) is 0 Å². The van der Waals surface area contributed by atoms with E-state index in [0.717, 1.165) is 0 Å². The standard InChI is InChI=1S/C21H20O3S/c1-3-21(15-23-20(22)17-7-5-4-6-8-17)13-19(14-24-21)25-18-11-9-16(2)10-12-18/h1,4-12,19H,13-15H2,2H3/t19-,21+/m1/s1. The number of aryl methyl sites for hydroxylation is 1. The first-order valence-corrected chi connectivity index (χ1v) is 9.05. The maximum Gasteiger partial charge on any atom is 0.338 e. The van der Waals surface area contributed by atoms with Gasteiger partial charge >= 0.3 is 5.97 Å². The Morgan fingerprint density at radius 3 is 2.68 bits per heavy atom. The van der Waals surface area contributed by atoms with Crippen LogP contribution in [-0.2, 0) is 9.47 Å². The lowest BCUT2D eigenvalue weighted by molar-refractivity contribution is -0.0150. The highest BCUT2D eigenvalue weighted by atomic mass is 32.2. The summed E-state index contributed by atoms with van der Waals surface area (Å²) >= 11 is 1.75. The molecule has 0 amide bonds. The Morgan fingerprint density at radius 1 is 1.28 bits per heavy atom. The van der Waals surface area contributed by atoms with Gasteiger partial charge in [0.1, 0.15) is 6.61 Å². The Bertz CT molecular complexity index is 764. The monoisotopic (exact) mass is 352 g/mol. The van der Waals surface area contributed by atoms with E-state index in [1.807, 2.05) is 6.07 Å². The molecular weight excluding hydrogens is 332 g/mol. The van der Waals surface area contributed by atoms with Crippen LogP contribution in [0, 0.1) is 19.3 Å². The first-order chi connectivity index (χ1) is 12.1. The maximum atomic E-state index is 12.1. The SMILES string of the molecule is C#C[C@@]1(COC(=O)c2ccccc2)C[C@@H](Sc2ccc(C)cc2)CO1. The molecule has 0 spiro atoms. The lowest BCUT2D eigenvalue weighted by atomic mass is 10.0. The van der Waals surface area contributed by atoms with Crippen LogP contribution in [0.3, 0.4) is 0 Å². The van der Waals surface area contributed by atoms with Crippen molar-refractivity contribution in [3.63, 3.8) is 0 Å². The van der Waals surface area contributed by atoms with E-state index >= 15 is 0 Å². The molecule has 1 saturated heterocycles.